The van der Waals surface area contributed by atoms with Crippen LogP contribution in [-0.4, -0.2) is 30.4 Å². The minimum atomic E-state index is -0.985. The summed E-state index contributed by atoms with van der Waals surface area (Å²) in [5, 5.41) is 5.21. The molecule has 0 aromatic heterocycles. The lowest BCUT2D eigenvalue weighted by Gasteiger charge is -2.19. The standard InChI is InChI=1S/C23H28N2O4/c1-15-6-8-17(9-7-15)22(28)24-14-20(26)29-16(2)21(27)25-19-12-10-18(11-13-19)23(3,4)5/h6-13,16H,14H2,1-5H3,(H,24,28)(H,25,27)/t16-/m0/s1. The highest BCUT2D eigenvalue weighted by atomic mass is 16.5. The first kappa shape index (κ1) is 22.1. The van der Waals surface area contributed by atoms with Crippen molar-refractivity contribution in [1.82, 2.24) is 5.32 Å². The molecule has 0 aliphatic rings. The van der Waals surface area contributed by atoms with Crippen LogP contribution >= 0.6 is 0 Å². The number of aryl methyl sites for hydroxylation is 1. The van der Waals surface area contributed by atoms with E-state index in [4.69, 9.17) is 4.74 Å². The summed E-state index contributed by atoms with van der Waals surface area (Å²) in [7, 11) is 0. The summed E-state index contributed by atoms with van der Waals surface area (Å²) in [4.78, 5) is 36.2. The van der Waals surface area contributed by atoms with Crippen molar-refractivity contribution in [3.63, 3.8) is 0 Å². The number of ether oxygens (including phenoxy) is 1. The van der Waals surface area contributed by atoms with Gasteiger partial charge in [-0.2, -0.15) is 0 Å². The highest BCUT2D eigenvalue weighted by molar-refractivity contribution is 5.97. The first-order chi connectivity index (χ1) is 13.6. The quantitative estimate of drug-likeness (QED) is 0.731. The Morgan fingerprint density at radius 1 is 0.966 bits per heavy atom. The van der Waals surface area contributed by atoms with Gasteiger partial charge in [0, 0.05) is 11.3 Å². The van der Waals surface area contributed by atoms with E-state index in [0.717, 1.165) is 11.1 Å². The minimum absolute atomic E-state index is 0.0222. The van der Waals surface area contributed by atoms with Gasteiger partial charge in [-0.3, -0.25) is 14.4 Å². The van der Waals surface area contributed by atoms with Crippen molar-refractivity contribution in [2.45, 2.75) is 46.1 Å². The fraction of sp³-hybridized carbons (Fsp3) is 0.348. The molecule has 0 aliphatic carbocycles. The average Bonchev–Trinajstić information content (AvgIpc) is 2.66. The number of hydrogen-bond donors (Lipinski definition) is 2. The Morgan fingerprint density at radius 2 is 1.55 bits per heavy atom. The fourth-order valence-electron chi connectivity index (χ4n) is 2.55. The van der Waals surface area contributed by atoms with Crippen molar-refractivity contribution in [2.24, 2.45) is 0 Å². The maximum absolute atomic E-state index is 12.2. The molecule has 0 heterocycles. The number of nitrogens with one attached hydrogen (secondary N) is 2. The summed E-state index contributed by atoms with van der Waals surface area (Å²) in [6, 6.07) is 14.5. The number of benzene rings is 2. The largest absolute Gasteiger partial charge is 0.451 e. The molecular formula is C23H28N2O4. The third kappa shape index (κ3) is 6.75. The Balaban J connectivity index is 1.81. The molecule has 6 nitrogen and oxygen atoms in total. The van der Waals surface area contributed by atoms with Crippen molar-refractivity contribution in [3.05, 3.63) is 65.2 Å². The molecule has 0 spiro atoms. The van der Waals surface area contributed by atoms with Gasteiger partial charge >= 0.3 is 5.97 Å². The van der Waals surface area contributed by atoms with E-state index in [0.29, 0.717) is 11.3 Å². The third-order valence-corrected chi connectivity index (χ3v) is 4.40. The van der Waals surface area contributed by atoms with E-state index in [-0.39, 0.29) is 17.9 Å². The van der Waals surface area contributed by atoms with E-state index in [1.54, 1.807) is 12.1 Å². The SMILES string of the molecule is Cc1ccc(C(=O)NCC(=O)O[C@@H](C)C(=O)Nc2ccc(C(C)(C)C)cc2)cc1. The number of rotatable bonds is 6. The summed E-state index contributed by atoms with van der Waals surface area (Å²) < 4.78 is 5.10. The predicted octanol–water partition coefficient (Wildman–Crippen LogP) is 3.59. The molecule has 0 saturated heterocycles. The number of hydrogen-bond acceptors (Lipinski definition) is 4. The van der Waals surface area contributed by atoms with Crippen LogP contribution in [0.2, 0.25) is 0 Å². The van der Waals surface area contributed by atoms with Crippen LogP contribution in [0, 0.1) is 6.92 Å². The topological polar surface area (TPSA) is 84.5 Å². The summed E-state index contributed by atoms with van der Waals surface area (Å²) in [5.41, 5.74) is 3.29. The molecule has 0 radical (unpaired) electrons. The molecule has 1 atom stereocenters. The van der Waals surface area contributed by atoms with Crippen LogP contribution in [0.3, 0.4) is 0 Å². The first-order valence-corrected chi connectivity index (χ1v) is 9.52. The van der Waals surface area contributed by atoms with Gasteiger partial charge < -0.3 is 15.4 Å². The second kappa shape index (κ2) is 9.37. The molecule has 2 aromatic rings. The van der Waals surface area contributed by atoms with E-state index in [1.165, 1.54) is 6.92 Å². The molecule has 0 unspecified atom stereocenters. The highest BCUT2D eigenvalue weighted by Crippen LogP contribution is 2.23. The zero-order valence-electron chi connectivity index (χ0n) is 17.5. The van der Waals surface area contributed by atoms with E-state index < -0.39 is 18.0 Å². The molecule has 6 heteroatoms. The van der Waals surface area contributed by atoms with Crippen LogP contribution in [0.4, 0.5) is 5.69 Å². The van der Waals surface area contributed by atoms with Gasteiger partial charge in [-0.1, -0.05) is 50.6 Å². The summed E-state index contributed by atoms with van der Waals surface area (Å²) in [6.07, 6.45) is -0.985. The van der Waals surface area contributed by atoms with Crippen molar-refractivity contribution in [3.8, 4) is 0 Å². The maximum Gasteiger partial charge on any atom is 0.326 e. The van der Waals surface area contributed by atoms with Crippen LogP contribution in [0.15, 0.2) is 48.5 Å². The molecule has 154 valence electrons. The summed E-state index contributed by atoms with van der Waals surface area (Å²) in [6.45, 7) is 9.42. The lowest BCUT2D eigenvalue weighted by atomic mass is 9.87. The van der Waals surface area contributed by atoms with Gasteiger partial charge in [0.1, 0.15) is 6.54 Å². The predicted molar refractivity (Wildman–Crippen MR) is 113 cm³/mol. The normalized spacial score (nSPS) is 12.0. The smallest absolute Gasteiger partial charge is 0.326 e. The minimum Gasteiger partial charge on any atom is -0.451 e. The molecular weight excluding hydrogens is 368 g/mol. The zero-order valence-corrected chi connectivity index (χ0v) is 17.5. The molecule has 0 saturated carbocycles. The van der Waals surface area contributed by atoms with Crippen molar-refractivity contribution >= 4 is 23.5 Å². The van der Waals surface area contributed by atoms with Gasteiger partial charge in [-0.25, -0.2) is 0 Å². The van der Waals surface area contributed by atoms with E-state index >= 15 is 0 Å². The monoisotopic (exact) mass is 396 g/mol. The maximum atomic E-state index is 12.2. The van der Waals surface area contributed by atoms with Gasteiger partial charge in [0.2, 0.25) is 0 Å². The Morgan fingerprint density at radius 3 is 2.10 bits per heavy atom. The second-order valence-electron chi connectivity index (χ2n) is 8.00. The Kier molecular flexibility index (Phi) is 7.15. The molecule has 29 heavy (non-hydrogen) atoms. The molecule has 0 fully saturated rings. The Hall–Kier alpha value is -3.15. The van der Waals surface area contributed by atoms with Gasteiger partial charge in [0.05, 0.1) is 0 Å². The van der Waals surface area contributed by atoms with Crippen LogP contribution in [0.25, 0.3) is 0 Å². The molecule has 0 bridgehead atoms. The van der Waals surface area contributed by atoms with Crippen molar-refractivity contribution in [2.75, 3.05) is 11.9 Å². The van der Waals surface area contributed by atoms with E-state index in [9.17, 15) is 14.4 Å². The summed E-state index contributed by atoms with van der Waals surface area (Å²) >= 11 is 0. The van der Waals surface area contributed by atoms with Crippen LogP contribution in [0.1, 0.15) is 49.2 Å². The average molecular weight is 396 g/mol. The molecule has 2 N–H and O–H groups in total. The third-order valence-electron chi connectivity index (χ3n) is 4.40. The molecule has 0 aliphatic heterocycles. The molecule has 2 aromatic carbocycles. The lowest BCUT2D eigenvalue weighted by Crippen LogP contribution is -2.35. The first-order valence-electron chi connectivity index (χ1n) is 9.52. The zero-order chi connectivity index (χ0) is 21.6. The van der Waals surface area contributed by atoms with Crippen LogP contribution in [0.5, 0.6) is 0 Å². The van der Waals surface area contributed by atoms with E-state index in [2.05, 4.69) is 31.4 Å². The lowest BCUT2D eigenvalue weighted by molar-refractivity contribution is -0.152. The van der Waals surface area contributed by atoms with Gasteiger partial charge in [0.25, 0.3) is 11.8 Å². The fourth-order valence-corrected chi connectivity index (χ4v) is 2.55. The Labute approximate surface area is 171 Å². The van der Waals surface area contributed by atoms with Crippen LogP contribution < -0.4 is 10.6 Å². The van der Waals surface area contributed by atoms with Gasteiger partial charge in [0.15, 0.2) is 6.10 Å². The number of carbonyl (C=O) groups is 3. The molecule has 2 amide bonds. The van der Waals surface area contributed by atoms with Gasteiger partial charge in [-0.15, -0.1) is 0 Å². The number of carbonyl (C=O) groups excluding carboxylic acids is 3. The highest BCUT2D eigenvalue weighted by Gasteiger charge is 2.19. The van der Waals surface area contributed by atoms with Crippen molar-refractivity contribution < 1.29 is 19.1 Å². The second-order valence-corrected chi connectivity index (χ2v) is 8.00. The Bertz CT molecular complexity index is 865. The summed E-state index contributed by atoms with van der Waals surface area (Å²) in [5.74, 6) is -1.50. The van der Waals surface area contributed by atoms with Gasteiger partial charge in [-0.05, 0) is 49.1 Å². The number of amides is 2. The number of esters is 1. The van der Waals surface area contributed by atoms with E-state index in [1.807, 2.05) is 43.3 Å². The van der Waals surface area contributed by atoms with Crippen LogP contribution in [-0.2, 0) is 19.7 Å². The number of anilines is 1. The molecule has 2 rings (SSSR count). The van der Waals surface area contributed by atoms with Crippen molar-refractivity contribution in [1.29, 1.82) is 0 Å².